The molecule has 0 radical (unpaired) electrons. The Hall–Kier alpha value is 0.870. The Morgan fingerprint density at radius 2 is 1.67 bits per heavy atom. The van der Waals surface area contributed by atoms with Crippen molar-refractivity contribution in [3.63, 3.8) is 0 Å². The summed E-state index contributed by atoms with van der Waals surface area (Å²) in [5, 5.41) is 8.51. The molecule has 0 aromatic rings. The van der Waals surface area contributed by atoms with Crippen molar-refractivity contribution < 1.29 is 47.6 Å². The summed E-state index contributed by atoms with van der Waals surface area (Å²) in [6.45, 7) is 3.89. The van der Waals surface area contributed by atoms with Gasteiger partial charge >= 0.3 is 29.6 Å². The van der Waals surface area contributed by atoms with Crippen LogP contribution in [0.25, 0.3) is 0 Å². The van der Waals surface area contributed by atoms with Crippen LogP contribution in [0.15, 0.2) is 0 Å². The summed E-state index contributed by atoms with van der Waals surface area (Å²) in [5.41, 5.74) is 0. The quantitative estimate of drug-likeness (QED) is 0.332. The molecule has 6 heteroatoms. The van der Waals surface area contributed by atoms with Gasteiger partial charge < -0.3 is 9.66 Å². The molecule has 0 amide bonds. The van der Waals surface area contributed by atoms with E-state index in [1.807, 2.05) is 0 Å². The van der Waals surface area contributed by atoms with Crippen LogP contribution in [0.2, 0.25) is 0 Å². The number of hydrogen-bond acceptors (Lipinski definition) is 4. The van der Waals surface area contributed by atoms with Crippen LogP contribution in [-0.4, -0.2) is 29.4 Å². The first-order valence-electron chi connectivity index (χ1n) is 6.54. The zero-order valence-corrected chi connectivity index (χ0v) is 14.7. The molecular formula is C12H25NaO4S. The fraction of sp³-hybridized carbons (Fsp3) is 1.00. The zero-order chi connectivity index (χ0) is 13.3. The van der Waals surface area contributed by atoms with Crippen LogP contribution in [0.4, 0.5) is 0 Å². The van der Waals surface area contributed by atoms with Gasteiger partial charge in [0, 0.05) is 0 Å². The molecule has 0 saturated carbocycles. The molecule has 0 aliphatic heterocycles. The summed E-state index contributed by atoms with van der Waals surface area (Å²) in [6.07, 6.45) is 5.34. The smallest absolute Gasteiger partial charge is 0.748 e. The minimum atomic E-state index is -4.27. The molecule has 104 valence electrons. The second-order valence-corrected chi connectivity index (χ2v) is 6.27. The van der Waals surface area contributed by atoms with Crippen molar-refractivity contribution in [3.05, 3.63) is 0 Å². The van der Waals surface area contributed by atoms with Gasteiger partial charge in [-0.3, -0.25) is 0 Å². The molecule has 0 aromatic heterocycles. The minimum Gasteiger partial charge on any atom is -0.748 e. The maximum absolute atomic E-state index is 11.0. The van der Waals surface area contributed by atoms with Gasteiger partial charge in [-0.1, -0.05) is 46.0 Å². The molecule has 2 atom stereocenters. The number of unbranched alkanes of at least 4 members (excludes halogenated alkanes) is 4. The number of aliphatic hydroxyl groups excluding tert-OH is 1. The van der Waals surface area contributed by atoms with Crippen LogP contribution in [0, 0.1) is 0 Å². The van der Waals surface area contributed by atoms with Crippen molar-refractivity contribution in [1.29, 1.82) is 0 Å². The first kappa shape index (κ1) is 21.2. The Morgan fingerprint density at radius 3 is 2.11 bits per heavy atom. The Balaban J connectivity index is 0. The molecule has 0 aliphatic rings. The van der Waals surface area contributed by atoms with E-state index in [2.05, 4.69) is 6.92 Å². The van der Waals surface area contributed by atoms with Crippen molar-refractivity contribution in [1.82, 2.24) is 0 Å². The SMILES string of the molecule is CCCCCCCC(CC(O)CC)S(=O)(=O)[O-].[Na+]. The molecule has 0 fully saturated rings. The molecule has 0 heterocycles. The number of hydrogen-bond donors (Lipinski definition) is 1. The van der Waals surface area contributed by atoms with Gasteiger partial charge in [0.1, 0.15) is 0 Å². The third-order valence-electron chi connectivity index (χ3n) is 3.04. The molecule has 0 rings (SSSR count). The summed E-state index contributed by atoms with van der Waals surface area (Å²) in [7, 11) is -4.27. The fourth-order valence-electron chi connectivity index (χ4n) is 1.83. The average molecular weight is 288 g/mol. The van der Waals surface area contributed by atoms with E-state index in [0.29, 0.717) is 12.8 Å². The molecule has 0 aliphatic carbocycles. The molecule has 0 bridgehead atoms. The molecule has 0 aromatic carbocycles. The van der Waals surface area contributed by atoms with Crippen LogP contribution < -0.4 is 29.6 Å². The van der Waals surface area contributed by atoms with Crippen LogP contribution in [0.3, 0.4) is 0 Å². The molecule has 0 spiro atoms. The largest absolute Gasteiger partial charge is 1.00 e. The van der Waals surface area contributed by atoms with Gasteiger partial charge in [-0.25, -0.2) is 8.42 Å². The number of rotatable bonds is 10. The Morgan fingerprint density at radius 1 is 1.11 bits per heavy atom. The molecule has 1 N–H and O–H groups in total. The van der Waals surface area contributed by atoms with Gasteiger partial charge in [-0.2, -0.15) is 0 Å². The second kappa shape index (κ2) is 11.7. The molecule has 4 nitrogen and oxygen atoms in total. The van der Waals surface area contributed by atoms with Crippen molar-refractivity contribution in [2.75, 3.05) is 0 Å². The van der Waals surface area contributed by atoms with Gasteiger partial charge in [-0.05, 0) is 19.3 Å². The molecular weight excluding hydrogens is 263 g/mol. The minimum absolute atomic E-state index is 0. The maximum Gasteiger partial charge on any atom is 1.00 e. The first-order chi connectivity index (χ1) is 7.91. The van der Waals surface area contributed by atoms with E-state index in [1.165, 1.54) is 0 Å². The third-order valence-corrected chi connectivity index (χ3v) is 4.29. The predicted molar refractivity (Wildman–Crippen MR) is 67.8 cm³/mol. The van der Waals surface area contributed by atoms with E-state index in [4.69, 9.17) is 0 Å². The van der Waals surface area contributed by atoms with E-state index in [1.54, 1.807) is 6.92 Å². The standard InChI is InChI=1S/C12H26O4S.Na/c1-3-5-6-7-8-9-12(17(14,15)16)10-11(13)4-2;/h11-13H,3-10H2,1-2H3,(H,14,15,16);/q;+1/p-1. The van der Waals surface area contributed by atoms with Crippen LogP contribution in [0.5, 0.6) is 0 Å². The van der Waals surface area contributed by atoms with E-state index in [0.717, 1.165) is 32.1 Å². The van der Waals surface area contributed by atoms with Gasteiger partial charge in [0.2, 0.25) is 0 Å². The van der Waals surface area contributed by atoms with E-state index in [-0.39, 0.29) is 36.0 Å². The predicted octanol–water partition coefficient (Wildman–Crippen LogP) is -0.574. The molecule has 2 unspecified atom stereocenters. The third kappa shape index (κ3) is 10.8. The van der Waals surface area contributed by atoms with Crippen molar-refractivity contribution in [3.8, 4) is 0 Å². The van der Waals surface area contributed by atoms with Crippen LogP contribution in [-0.2, 0) is 10.1 Å². The monoisotopic (exact) mass is 288 g/mol. The summed E-state index contributed by atoms with van der Waals surface area (Å²) < 4.78 is 33.1. The van der Waals surface area contributed by atoms with Gasteiger partial charge in [-0.15, -0.1) is 0 Å². The topological polar surface area (TPSA) is 77.4 Å². The summed E-state index contributed by atoms with van der Waals surface area (Å²) in [4.78, 5) is 0. The van der Waals surface area contributed by atoms with E-state index in [9.17, 15) is 18.1 Å². The summed E-state index contributed by atoms with van der Waals surface area (Å²) >= 11 is 0. The van der Waals surface area contributed by atoms with Crippen molar-refractivity contribution in [2.24, 2.45) is 0 Å². The van der Waals surface area contributed by atoms with E-state index < -0.39 is 21.5 Å². The first-order valence-corrected chi connectivity index (χ1v) is 8.01. The summed E-state index contributed by atoms with van der Waals surface area (Å²) in [6, 6.07) is 0. The Bertz CT molecular complexity index is 280. The summed E-state index contributed by atoms with van der Waals surface area (Å²) in [5.74, 6) is 0. The number of aliphatic hydroxyl groups is 1. The Labute approximate surface area is 134 Å². The van der Waals surface area contributed by atoms with Crippen LogP contribution >= 0.6 is 0 Å². The molecule has 18 heavy (non-hydrogen) atoms. The van der Waals surface area contributed by atoms with Gasteiger partial charge in [0.15, 0.2) is 0 Å². The Kier molecular flexibility index (Phi) is 13.7. The van der Waals surface area contributed by atoms with E-state index >= 15 is 0 Å². The average Bonchev–Trinajstić information content (AvgIpc) is 2.25. The van der Waals surface area contributed by atoms with Crippen molar-refractivity contribution >= 4 is 10.1 Å². The van der Waals surface area contributed by atoms with Gasteiger partial charge in [0.05, 0.1) is 21.5 Å². The van der Waals surface area contributed by atoms with Crippen molar-refractivity contribution in [2.45, 2.75) is 76.6 Å². The fourth-order valence-corrected chi connectivity index (χ4v) is 2.74. The normalized spacial score (nSPS) is 14.9. The van der Waals surface area contributed by atoms with Crippen LogP contribution in [0.1, 0.15) is 65.2 Å². The zero-order valence-electron chi connectivity index (χ0n) is 11.9. The maximum atomic E-state index is 11.0. The second-order valence-electron chi connectivity index (χ2n) is 4.62. The molecule has 0 saturated heterocycles. The van der Waals surface area contributed by atoms with Gasteiger partial charge in [0.25, 0.3) is 0 Å².